The van der Waals surface area contributed by atoms with Crippen molar-refractivity contribution in [1.82, 2.24) is 10.2 Å². The summed E-state index contributed by atoms with van der Waals surface area (Å²) in [4.78, 5) is 2.40. The van der Waals surface area contributed by atoms with Crippen LogP contribution in [0.1, 0.15) is 30.9 Å². The molecule has 1 aliphatic carbocycles. The molecule has 4 nitrogen and oxygen atoms in total. The number of hydrogen-bond donors (Lipinski definition) is 1. The van der Waals surface area contributed by atoms with Gasteiger partial charge in [-0.15, -0.1) is 25.6 Å². The van der Waals surface area contributed by atoms with E-state index in [0.717, 1.165) is 38.2 Å². The summed E-state index contributed by atoms with van der Waals surface area (Å²) in [5.41, 5.74) is 0.945. The van der Waals surface area contributed by atoms with Crippen molar-refractivity contribution in [1.29, 1.82) is 0 Å². The quantitative estimate of drug-likeness (QED) is 0.814. The van der Waals surface area contributed by atoms with Gasteiger partial charge in [0.05, 0.1) is 7.11 Å². The van der Waals surface area contributed by atoms with Crippen molar-refractivity contribution in [3.8, 4) is 11.5 Å². The lowest BCUT2D eigenvalue weighted by Crippen LogP contribution is -2.45. The van der Waals surface area contributed by atoms with E-state index in [1.54, 1.807) is 6.07 Å². The zero-order chi connectivity index (χ0) is 17.2. The van der Waals surface area contributed by atoms with E-state index in [4.69, 9.17) is 4.74 Å². The molecule has 8 heteroatoms. The summed E-state index contributed by atoms with van der Waals surface area (Å²) in [5, 5.41) is 3.34. The number of nitrogens with one attached hydrogen (secondary N) is 1. The van der Waals surface area contributed by atoms with Crippen molar-refractivity contribution < 1.29 is 22.6 Å². The molecule has 2 fully saturated rings. The Bertz CT molecular complexity index is 561. The molecule has 1 saturated heterocycles. The van der Waals surface area contributed by atoms with Crippen molar-refractivity contribution in [2.45, 2.75) is 31.7 Å². The van der Waals surface area contributed by atoms with Gasteiger partial charge in [-0.3, -0.25) is 4.90 Å². The summed E-state index contributed by atoms with van der Waals surface area (Å²) in [6.07, 6.45) is -1.20. The lowest BCUT2D eigenvalue weighted by molar-refractivity contribution is -0.274. The molecule has 0 bridgehead atoms. The molecule has 1 aliphatic heterocycles. The molecule has 25 heavy (non-hydrogen) atoms. The minimum absolute atomic E-state index is 0. The Hall–Kier alpha value is -1.18. The summed E-state index contributed by atoms with van der Waals surface area (Å²) in [6.45, 7) is 3.72. The van der Waals surface area contributed by atoms with Gasteiger partial charge >= 0.3 is 6.36 Å². The third kappa shape index (κ3) is 5.66. The first-order valence-corrected chi connectivity index (χ1v) is 8.35. The molecule has 0 aromatic heterocycles. The number of nitrogens with zero attached hydrogens (tertiary/aromatic N) is 1. The van der Waals surface area contributed by atoms with Gasteiger partial charge in [0.2, 0.25) is 0 Å². The SMILES string of the molecule is COc1cc(OC(F)(F)F)ccc1[C@@H](CC1CC1)N1CCNCC1.Cl. The Balaban J connectivity index is 0.00000225. The van der Waals surface area contributed by atoms with Crippen LogP contribution < -0.4 is 14.8 Å². The van der Waals surface area contributed by atoms with Crippen molar-refractivity contribution >= 4 is 12.4 Å². The van der Waals surface area contributed by atoms with Gasteiger partial charge in [-0.25, -0.2) is 0 Å². The fourth-order valence-electron chi connectivity index (χ4n) is 3.30. The predicted octanol–water partition coefficient (Wildman–Crippen LogP) is 3.76. The van der Waals surface area contributed by atoms with Crippen LogP contribution in [0.4, 0.5) is 13.2 Å². The average molecular weight is 381 g/mol. The Morgan fingerprint density at radius 3 is 2.48 bits per heavy atom. The average Bonchev–Trinajstić information content (AvgIpc) is 3.36. The third-order valence-corrected chi connectivity index (χ3v) is 4.64. The van der Waals surface area contributed by atoms with Crippen molar-refractivity contribution in [3.05, 3.63) is 23.8 Å². The number of halogens is 4. The number of methoxy groups -OCH3 is 1. The van der Waals surface area contributed by atoms with E-state index in [1.807, 2.05) is 0 Å². The Labute approximate surface area is 152 Å². The molecule has 1 heterocycles. The van der Waals surface area contributed by atoms with Gasteiger partial charge in [-0.05, 0) is 18.4 Å². The monoisotopic (exact) mass is 380 g/mol. The van der Waals surface area contributed by atoms with Gasteiger partial charge in [-0.1, -0.05) is 18.9 Å². The molecule has 0 spiro atoms. The zero-order valence-electron chi connectivity index (χ0n) is 14.1. The number of hydrogen-bond acceptors (Lipinski definition) is 4. The van der Waals surface area contributed by atoms with E-state index in [9.17, 15) is 13.2 Å². The van der Waals surface area contributed by atoms with E-state index >= 15 is 0 Å². The van der Waals surface area contributed by atoms with Crippen LogP contribution in [-0.2, 0) is 0 Å². The largest absolute Gasteiger partial charge is 0.573 e. The molecule has 1 N–H and O–H groups in total. The number of alkyl halides is 3. The molecule has 3 rings (SSSR count). The van der Waals surface area contributed by atoms with Crippen LogP contribution in [0.15, 0.2) is 18.2 Å². The zero-order valence-corrected chi connectivity index (χ0v) is 15.0. The molecule has 1 aromatic rings. The van der Waals surface area contributed by atoms with Gasteiger partial charge in [0, 0.05) is 43.9 Å². The van der Waals surface area contributed by atoms with Crippen LogP contribution in [0.25, 0.3) is 0 Å². The Morgan fingerprint density at radius 2 is 1.92 bits per heavy atom. The minimum Gasteiger partial charge on any atom is -0.496 e. The van der Waals surface area contributed by atoms with E-state index in [-0.39, 0.29) is 24.2 Å². The van der Waals surface area contributed by atoms with Crippen LogP contribution >= 0.6 is 12.4 Å². The summed E-state index contributed by atoms with van der Waals surface area (Å²) < 4.78 is 46.7. The van der Waals surface area contributed by atoms with Crippen LogP contribution in [0.2, 0.25) is 0 Å². The third-order valence-electron chi connectivity index (χ3n) is 4.64. The summed E-state index contributed by atoms with van der Waals surface area (Å²) in [5.74, 6) is 0.926. The molecule has 0 unspecified atom stereocenters. The van der Waals surface area contributed by atoms with Gasteiger partial charge in [-0.2, -0.15) is 0 Å². The van der Waals surface area contributed by atoms with E-state index in [1.165, 1.54) is 32.1 Å². The molecule has 0 amide bonds. The minimum atomic E-state index is -4.70. The summed E-state index contributed by atoms with van der Waals surface area (Å²) in [6, 6.07) is 4.61. The Morgan fingerprint density at radius 1 is 1.24 bits per heavy atom. The predicted molar refractivity (Wildman–Crippen MR) is 91.4 cm³/mol. The topological polar surface area (TPSA) is 33.7 Å². The number of piperazine rings is 1. The highest BCUT2D eigenvalue weighted by Crippen LogP contribution is 2.43. The maximum Gasteiger partial charge on any atom is 0.573 e. The van der Waals surface area contributed by atoms with Crippen LogP contribution in [-0.4, -0.2) is 44.6 Å². The number of rotatable bonds is 6. The lowest BCUT2D eigenvalue weighted by Gasteiger charge is -2.36. The first-order valence-electron chi connectivity index (χ1n) is 8.35. The fourth-order valence-corrected chi connectivity index (χ4v) is 3.30. The second-order valence-electron chi connectivity index (χ2n) is 6.43. The molecule has 2 aliphatic rings. The van der Waals surface area contributed by atoms with Gasteiger partial charge in [0.25, 0.3) is 0 Å². The Kier molecular flexibility index (Phi) is 6.82. The van der Waals surface area contributed by atoms with Crippen molar-refractivity contribution in [3.63, 3.8) is 0 Å². The van der Waals surface area contributed by atoms with Gasteiger partial charge in [0.15, 0.2) is 0 Å². The van der Waals surface area contributed by atoms with Crippen LogP contribution in [0, 0.1) is 5.92 Å². The smallest absolute Gasteiger partial charge is 0.496 e. The van der Waals surface area contributed by atoms with Crippen molar-refractivity contribution in [2.75, 3.05) is 33.3 Å². The van der Waals surface area contributed by atoms with Crippen molar-refractivity contribution in [2.24, 2.45) is 5.92 Å². The summed E-state index contributed by atoms with van der Waals surface area (Å²) in [7, 11) is 1.49. The van der Waals surface area contributed by atoms with E-state index in [2.05, 4.69) is 15.0 Å². The molecule has 1 atom stereocenters. The van der Waals surface area contributed by atoms with Crippen LogP contribution in [0.3, 0.4) is 0 Å². The van der Waals surface area contributed by atoms with Gasteiger partial charge < -0.3 is 14.8 Å². The standard InChI is InChI=1S/C17H23F3N2O2.ClH/c1-23-16-11-13(24-17(18,19)20)4-5-14(16)15(10-12-2-3-12)22-8-6-21-7-9-22;/h4-5,11-12,15,21H,2-3,6-10H2,1H3;1H/t15-;/m1./s1. The number of ether oxygens (including phenoxy) is 2. The molecule has 1 saturated carbocycles. The first-order chi connectivity index (χ1) is 11.5. The summed E-state index contributed by atoms with van der Waals surface area (Å²) >= 11 is 0. The first kappa shape index (κ1) is 20.1. The highest BCUT2D eigenvalue weighted by Gasteiger charge is 2.34. The molecule has 1 aromatic carbocycles. The molecule has 142 valence electrons. The fraction of sp³-hybridized carbons (Fsp3) is 0.647. The number of benzene rings is 1. The van der Waals surface area contributed by atoms with Crippen LogP contribution in [0.5, 0.6) is 11.5 Å². The molecule has 0 radical (unpaired) electrons. The maximum absolute atomic E-state index is 12.4. The highest BCUT2D eigenvalue weighted by atomic mass is 35.5. The highest BCUT2D eigenvalue weighted by molar-refractivity contribution is 5.85. The maximum atomic E-state index is 12.4. The van der Waals surface area contributed by atoms with E-state index < -0.39 is 6.36 Å². The lowest BCUT2D eigenvalue weighted by atomic mass is 9.97. The van der Waals surface area contributed by atoms with Gasteiger partial charge in [0.1, 0.15) is 11.5 Å². The molecular formula is C17H24ClF3N2O2. The van der Waals surface area contributed by atoms with E-state index in [0.29, 0.717) is 11.7 Å². The second kappa shape index (κ2) is 8.47. The molecular weight excluding hydrogens is 357 g/mol. The second-order valence-corrected chi connectivity index (χ2v) is 6.43. The normalized spacial score (nSPS) is 19.8.